The molecule has 0 saturated heterocycles. The minimum atomic E-state index is -0.265. The van der Waals surface area contributed by atoms with E-state index in [4.69, 9.17) is 9.15 Å². The Labute approximate surface area is 142 Å². The largest absolute Gasteiger partial charge is 0.494 e. The first-order chi connectivity index (χ1) is 11.1. The van der Waals surface area contributed by atoms with E-state index in [-0.39, 0.29) is 5.91 Å². The lowest BCUT2D eigenvalue weighted by molar-refractivity contribution is 0.0998. The summed E-state index contributed by atoms with van der Waals surface area (Å²) < 4.78 is 12.0. The second-order valence-electron chi connectivity index (χ2n) is 5.11. The van der Waals surface area contributed by atoms with E-state index in [1.807, 2.05) is 44.2 Å². The van der Waals surface area contributed by atoms with Gasteiger partial charge >= 0.3 is 0 Å². The molecule has 1 N–H and O–H groups in total. The molecule has 3 rings (SSSR count). The fraction of sp³-hybridized carbons (Fsp3) is 0.167. The first kappa shape index (κ1) is 15.6. The van der Waals surface area contributed by atoms with Crippen LogP contribution in [0.4, 0.5) is 5.69 Å². The van der Waals surface area contributed by atoms with E-state index >= 15 is 0 Å². The van der Waals surface area contributed by atoms with Crippen LogP contribution in [0.3, 0.4) is 0 Å². The van der Waals surface area contributed by atoms with Crippen LogP contribution in [-0.4, -0.2) is 12.5 Å². The van der Waals surface area contributed by atoms with Crippen LogP contribution in [0.5, 0.6) is 5.75 Å². The molecule has 23 heavy (non-hydrogen) atoms. The lowest BCUT2D eigenvalue weighted by Gasteiger charge is -2.06. The van der Waals surface area contributed by atoms with Crippen LogP contribution in [0.25, 0.3) is 11.0 Å². The molecular weight excluding hydrogens is 358 g/mol. The lowest BCUT2D eigenvalue weighted by atomic mass is 10.1. The van der Waals surface area contributed by atoms with Crippen LogP contribution < -0.4 is 10.1 Å². The monoisotopic (exact) mass is 373 g/mol. The highest BCUT2D eigenvalue weighted by atomic mass is 79.9. The molecule has 0 spiro atoms. The summed E-state index contributed by atoms with van der Waals surface area (Å²) in [7, 11) is 0. The van der Waals surface area contributed by atoms with E-state index < -0.39 is 0 Å². The van der Waals surface area contributed by atoms with E-state index in [2.05, 4.69) is 21.2 Å². The number of fused-ring (bicyclic) bond motifs is 1. The number of hydrogen-bond donors (Lipinski definition) is 1. The molecule has 0 radical (unpaired) electrons. The van der Waals surface area contributed by atoms with E-state index in [0.717, 1.165) is 21.2 Å². The Balaban J connectivity index is 1.84. The second-order valence-corrected chi connectivity index (χ2v) is 6.02. The Kier molecular flexibility index (Phi) is 4.39. The molecule has 5 heteroatoms. The Bertz CT molecular complexity index is 853. The van der Waals surface area contributed by atoms with Gasteiger partial charge in [-0.1, -0.05) is 15.9 Å². The zero-order valence-corrected chi connectivity index (χ0v) is 14.4. The van der Waals surface area contributed by atoms with Gasteiger partial charge in [0.1, 0.15) is 11.3 Å². The van der Waals surface area contributed by atoms with Gasteiger partial charge in [-0.15, -0.1) is 0 Å². The van der Waals surface area contributed by atoms with Crippen molar-refractivity contribution in [3.05, 3.63) is 58.3 Å². The number of anilines is 1. The van der Waals surface area contributed by atoms with Crippen LogP contribution in [-0.2, 0) is 0 Å². The SMILES string of the molecule is CCOc1ccc(NC(=O)c2oc3ccc(Br)cc3c2C)cc1. The van der Waals surface area contributed by atoms with Crippen molar-refractivity contribution in [2.24, 2.45) is 0 Å². The van der Waals surface area contributed by atoms with E-state index in [1.165, 1.54) is 0 Å². The number of hydrogen-bond acceptors (Lipinski definition) is 3. The molecule has 0 bridgehead atoms. The summed E-state index contributed by atoms with van der Waals surface area (Å²) in [6.07, 6.45) is 0. The standard InChI is InChI=1S/C18H16BrNO3/c1-3-22-14-7-5-13(6-8-14)20-18(21)17-11(2)15-10-12(19)4-9-16(15)23-17/h4-10H,3H2,1-2H3,(H,20,21). The number of carbonyl (C=O) groups excluding carboxylic acids is 1. The van der Waals surface area contributed by atoms with Crippen LogP contribution in [0.15, 0.2) is 51.4 Å². The Hall–Kier alpha value is -2.27. The van der Waals surface area contributed by atoms with Gasteiger partial charge in [0.05, 0.1) is 6.61 Å². The smallest absolute Gasteiger partial charge is 0.291 e. The number of nitrogens with one attached hydrogen (secondary N) is 1. The van der Waals surface area contributed by atoms with Crippen molar-refractivity contribution in [1.29, 1.82) is 0 Å². The lowest BCUT2D eigenvalue weighted by Crippen LogP contribution is -2.12. The summed E-state index contributed by atoms with van der Waals surface area (Å²) in [5.74, 6) is 0.834. The molecule has 2 aromatic carbocycles. The van der Waals surface area contributed by atoms with Crippen molar-refractivity contribution in [3.63, 3.8) is 0 Å². The number of ether oxygens (including phenoxy) is 1. The second kappa shape index (κ2) is 6.46. The van der Waals surface area contributed by atoms with Gasteiger partial charge in [-0.05, 0) is 56.3 Å². The third kappa shape index (κ3) is 3.24. The average molecular weight is 374 g/mol. The molecule has 118 valence electrons. The molecule has 1 aromatic heterocycles. The fourth-order valence-electron chi connectivity index (χ4n) is 2.40. The summed E-state index contributed by atoms with van der Waals surface area (Å²) in [6, 6.07) is 12.9. The highest BCUT2D eigenvalue weighted by Gasteiger charge is 2.18. The molecule has 0 saturated carbocycles. The highest BCUT2D eigenvalue weighted by Crippen LogP contribution is 2.28. The minimum absolute atomic E-state index is 0.265. The number of aryl methyl sites for hydroxylation is 1. The van der Waals surface area contributed by atoms with E-state index in [0.29, 0.717) is 23.6 Å². The molecule has 4 nitrogen and oxygen atoms in total. The minimum Gasteiger partial charge on any atom is -0.494 e. The first-order valence-corrected chi connectivity index (χ1v) is 8.10. The highest BCUT2D eigenvalue weighted by molar-refractivity contribution is 9.10. The number of amides is 1. The fourth-order valence-corrected chi connectivity index (χ4v) is 2.76. The summed E-state index contributed by atoms with van der Waals surface area (Å²) in [6.45, 7) is 4.42. The van der Waals surface area contributed by atoms with E-state index in [9.17, 15) is 4.79 Å². The summed E-state index contributed by atoms with van der Waals surface area (Å²) in [4.78, 5) is 12.5. The molecular formula is C18H16BrNO3. The normalized spacial score (nSPS) is 10.7. The van der Waals surface area contributed by atoms with Gasteiger partial charge in [-0.2, -0.15) is 0 Å². The number of furan rings is 1. The summed E-state index contributed by atoms with van der Waals surface area (Å²) in [5.41, 5.74) is 2.21. The zero-order valence-electron chi connectivity index (χ0n) is 12.9. The van der Waals surface area contributed by atoms with Crippen molar-refractivity contribution in [1.82, 2.24) is 0 Å². The van der Waals surface area contributed by atoms with Crippen molar-refractivity contribution in [3.8, 4) is 5.75 Å². The molecule has 0 aliphatic heterocycles. The predicted octanol–water partition coefficient (Wildman–Crippen LogP) is 5.15. The predicted molar refractivity (Wildman–Crippen MR) is 94.2 cm³/mol. The Morgan fingerprint density at radius 1 is 1.22 bits per heavy atom. The van der Waals surface area contributed by atoms with Gasteiger partial charge in [0.2, 0.25) is 0 Å². The van der Waals surface area contributed by atoms with Gasteiger partial charge in [0.25, 0.3) is 5.91 Å². The van der Waals surface area contributed by atoms with Crippen molar-refractivity contribution in [2.45, 2.75) is 13.8 Å². The first-order valence-electron chi connectivity index (χ1n) is 7.31. The van der Waals surface area contributed by atoms with Gasteiger partial charge < -0.3 is 14.5 Å². The maximum absolute atomic E-state index is 12.5. The van der Waals surface area contributed by atoms with Crippen LogP contribution in [0.2, 0.25) is 0 Å². The third-order valence-electron chi connectivity index (χ3n) is 3.53. The van der Waals surface area contributed by atoms with Gasteiger partial charge in [-0.3, -0.25) is 4.79 Å². The molecule has 0 atom stereocenters. The topological polar surface area (TPSA) is 51.5 Å². The van der Waals surface area contributed by atoms with Crippen molar-refractivity contribution < 1.29 is 13.9 Å². The quantitative estimate of drug-likeness (QED) is 0.687. The summed E-state index contributed by atoms with van der Waals surface area (Å²) in [5, 5.41) is 3.77. The summed E-state index contributed by atoms with van der Waals surface area (Å²) >= 11 is 3.43. The van der Waals surface area contributed by atoms with Crippen molar-refractivity contribution >= 4 is 38.5 Å². The number of rotatable bonds is 4. The molecule has 3 aromatic rings. The number of benzene rings is 2. The molecule has 0 aliphatic rings. The zero-order chi connectivity index (χ0) is 16.4. The molecule has 1 amide bonds. The van der Waals surface area contributed by atoms with Crippen molar-refractivity contribution in [2.75, 3.05) is 11.9 Å². The van der Waals surface area contributed by atoms with Gasteiger partial charge in [0, 0.05) is 21.1 Å². The molecule has 0 aliphatic carbocycles. The number of carbonyl (C=O) groups is 1. The number of halogens is 1. The van der Waals surface area contributed by atoms with Gasteiger partial charge in [0.15, 0.2) is 5.76 Å². The van der Waals surface area contributed by atoms with Crippen LogP contribution in [0.1, 0.15) is 23.0 Å². The maximum atomic E-state index is 12.5. The Morgan fingerprint density at radius 2 is 1.96 bits per heavy atom. The third-order valence-corrected chi connectivity index (χ3v) is 4.02. The van der Waals surface area contributed by atoms with Crippen LogP contribution in [0, 0.1) is 6.92 Å². The maximum Gasteiger partial charge on any atom is 0.291 e. The molecule has 0 unspecified atom stereocenters. The van der Waals surface area contributed by atoms with E-state index in [1.54, 1.807) is 12.1 Å². The molecule has 1 heterocycles. The Morgan fingerprint density at radius 3 is 2.65 bits per heavy atom. The molecule has 0 fully saturated rings. The van der Waals surface area contributed by atoms with Gasteiger partial charge in [-0.25, -0.2) is 0 Å². The van der Waals surface area contributed by atoms with Crippen LogP contribution >= 0.6 is 15.9 Å². The average Bonchev–Trinajstić information content (AvgIpc) is 2.86.